The van der Waals surface area contributed by atoms with Gasteiger partial charge in [0.05, 0.1) is 3.79 Å². The molecule has 0 amide bonds. The molecule has 0 fully saturated rings. The molecular weight excluding hydrogens is 320 g/mol. The zero-order chi connectivity index (χ0) is 13.8. The van der Waals surface area contributed by atoms with Crippen LogP contribution in [0.15, 0.2) is 9.85 Å². The highest BCUT2D eigenvalue weighted by Gasteiger charge is 2.21. The summed E-state index contributed by atoms with van der Waals surface area (Å²) in [6.45, 7) is 6.81. The van der Waals surface area contributed by atoms with E-state index in [0.29, 0.717) is 12.1 Å². The van der Waals surface area contributed by atoms with E-state index in [1.807, 2.05) is 11.3 Å². The van der Waals surface area contributed by atoms with Crippen molar-refractivity contribution in [2.45, 2.75) is 51.6 Å². The Hall–Kier alpha value is 0.100. The minimum Gasteiger partial charge on any atom is -0.310 e. The van der Waals surface area contributed by atoms with Crippen molar-refractivity contribution in [3.05, 3.63) is 20.3 Å². The quantitative estimate of drug-likeness (QED) is 0.777. The van der Waals surface area contributed by atoms with Crippen LogP contribution in [0.1, 0.15) is 49.6 Å². The summed E-state index contributed by atoms with van der Waals surface area (Å²) in [7, 11) is 2.21. The lowest BCUT2D eigenvalue weighted by atomic mass is 9.94. The van der Waals surface area contributed by atoms with Gasteiger partial charge in [-0.1, -0.05) is 0 Å². The molecule has 1 heterocycles. The first-order valence-corrected chi connectivity index (χ1v) is 8.90. The lowest BCUT2D eigenvalue weighted by molar-refractivity contribution is 0.267. The Kier molecular flexibility index (Phi) is 5.87. The van der Waals surface area contributed by atoms with Gasteiger partial charge in [-0.2, -0.15) is 0 Å². The number of halogens is 1. The molecule has 108 valence electrons. The predicted molar refractivity (Wildman–Crippen MR) is 88.1 cm³/mol. The third kappa shape index (κ3) is 4.28. The van der Waals surface area contributed by atoms with Crippen molar-refractivity contribution in [1.82, 2.24) is 10.2 Å². The van der Waals surface area contributed by atoms with Crippen molar-refractivity contribution >= 4 is 27.3 Å². The molecular formula is C15H25BrN2S. The van der Waals surface area contributed by atoms with Gasteiger partial charge < -0.3 is 10.2 Å². The van der Waals surface area contributed by atoms with E-state index >= 15 is 0 Å². The molecule has 1 aromatic rings. The molecule has 19 heavy (non-hydrogen) atoms. The molecule has 0 saturated carbocycles. The Labute approximate surface area is 129 Å². The van der Waals surface area contributed by atoms with Gasteiger partial charge in [-0.3, -0.25) is 0 Å². The average molecular weight is 345 g/mol. The number of aryl methyl sites for hydroxylation is 1. The van der Waals surface area contributed by atoms with Crippen molar-refractivity contribution in [2.24, 2.45) is 0 Å². The Morgan fingerprint density at radius 3 is 3.05 bits per heavy atom. The molecule has 1 aliphatic carbocycles. The molecule has 2 rings (SSSR count). The minimum atomic E-state index is 0.579. The maximum atomic E-state index is 3.74. The topological polar surface area (TPSA) is 15.3 Å². The van der Waals surface area contributed by atoms with Gasteiger partial charge in [0.15, 0.2) is 0 Å². The van der Waals surface area contributed by atoms with Crippen molar-refractivity contribution in [1.29, 1.82) is 0 Å². The van der Waals surface area contributed by atoms with E-state index in [9.17, 15) is 0 Å². The first-order chi connectivity index (χ1) is 9.08. The SMILES string of the molecule is CC(C)N(C)CCCNC1CCCc2sc(Br)cc21. The fourth-order valence-electron chi connectivity index (χ4n) is 2.60. The maximum Gasteiger partial charge on any atom is 0.0704 e. The number of rotatable bonds is 6. The molecule has 0 aromatic carbocycles. The molecule has 1 N–H and O–H groups in total. The summed E-state index contributed by atoms with van der Waals surface area (Å²) in [4.78, 5) is 3.99. The molecule has 1 atom stereocenters. The Morgan fingerprint density at radius 2 is 2.32 bits per heavy atom. The Bertz CT molecular complexity index is 403. The van der Waals surface area contributed by atoms with E-state index in [1.165, 1.54) is 36.0 Å². The summed E-state index contributed by atoms with van der Waals surface area (Å²) in [6.07, 6.45) is 5.10. The van der Waals surface area contributed by atoms with Gasteiger partial charge in [0.2, 0.25) is 0 Å². The third-order valence-electron chi connectivity index (χ3n) is 4.04. The summed E-state index contributed by atoms with van der Waals surface area (Å²) in [5, 5.41) is 3.74. The number of nitrogens with one attached hydrogen (secondary N) is 1. The van der Waals surface area contributed by atoms with Crippen LogP contribution in [0.4, 0.5) is 0 Å². The molecule has 0 radical (unpaired) electrons. The predicted octanol–water partition coefficient (Wildman–Crippen LogP) is 4.21. The van der Waals surface area contributed by atoms with E-state index in [1.54, 1.807) is 10.4 Å². The van der Waals surface area contributed by atoms with Crippen molar-refractivity contribution in [2.75, 3.05) is 20.1 Å². The number of nitrogens with zero attached hydrogens (tertiary/aromatic N) is 1. The number of fused-ring (bicyclic) bond motifs is 1. The lowest BCUT2D eigenvalue weighted by Gasteiger charge is -2.25. The Balaban J connectivity index is 1.78. The highest BCUT2D eigenvalue weighted by atomic mass is 79.9. The zero-order valence-corrected chi connectivity index (χ0v) is 14.6. The van der Waals surface area contributed by atoms with Crippen LogP contribution in [0.5, 0.6) is 0 Å². The summed E-state index contributed by atoms with van der Waals surface area (Å²) >= 11 is 5.53. The second-order valence-electron chi connectivity index (χ2n) is 5.76. The van der Waals surface area contributed by atoms with Crippen LogP contribution in [0.2, 0.25) is 0 Å². The second kappa shape index (κ2) is 7.21. The van der Waals surface area contributed by atoms with Gasteiger partial charge in [-0.05, 0) is 87.2 Å². The van der Waals surface area contributed by atoms with Gasteiger partial charge in [0, 0.05) is 17.0 Å². The smallest absolute Gasteiger partial charge is 0.0704 e. The number of thiophene rings is 1. The van der Waals surface area contributed by atoms with E-state index in [0.717, 1.165) is 6.54 Å². The minimum absolute atomic E-state index is 0.579. The zero-order valence-electron chi connectivity index (χ0n) is 12.2. The first-order valence-electron chi connectivity index (χ1n) is 7.29. The summed E-state index contributed by atoms with van der Waals surface area (Å²) in [5.41, 5.74) is 1.54. The molecule has 4 heteroatoms. The maximum absolute atomic E-state index is 3.74. The van der Waals surface area contributed by atoms with Gasteiger partial charge in [0.1, 0.15) is 0 Å². The standard InChI is InChI=1S/C15H25BrN2S/c1-11(2)18(3)9-5-8-17-13-6-4-7-14-12(13)10-15(16)19-14/h10-11,13,17H,4-9H2,1-3H3. The van der Waals surface area contributed by atoms with Gasteiger partial charge in [-0.25, -0.2) is 0 Å². The van der Waals surface area contributed by atoms with E-state index in [2.05, 4.69) is 53.1 Å². The Morgan fingerprint density at radius 1 is 1.53 bits per heavy atom. The summed E-state index contributed by atoms with van der Waals surface area (Å²) in [5.74, 6) is 0. The second-order valence-corrected chi connectivity index (χ2v) is 8.27. The molecule has 0 spiro atoms. The highest BCUT2D eigenvalue weighted by molar-refractivity contribution is 9.11. The largest absolute Gasteiger partial charge is 0.310 e. The summed E-state index contributed by atoms with van der Waals surface area (Å²) in [6, 6.07) is 3.54. The highest BCUT2D eigenvalue weighted by Crippen LogP contribution is 2.37. The van der Waals surface area contributed by atoms with Crippen LogP contribution in [0.3, 0.4) is 0 Å². The fraction of sp³-hybridized carbons (Fsp3) is 0.733. The summed E-state index contributed by atoms with van der Waals surface area (Å²) < 4.78 is 1.28. The molecule has 2 nitrogen and oxygen atoms in total. The van der Waals surface area contributed by atoms with Crippen molar-refractivity contribution in [3.8, 4) is 0 Å². The molecule has 0 saturated heterocycles. The van der Waals surface area contributed by atoms with Crippen molar-refractivity contribution in [3.63, 3.8) is 0 Å². The van der Waals surface area contributed by atoms with Crippen LogP contribution < -0.4 is 5.32 Å². The van der Waals surface area contributed by atoms with Crippen LogP contribution in [0.25, 0.3) is 0 Å². The van der Waals surface area contributed by atoms with Crippen LogP contribution >= 0.6 is 27.3 Å². The van der Waals surface area contributed by atoms with Crippen molar-refractivity contribution < 1.29 is 0 Å². The van der Waals surface area contributed by atoms with Crippen LogP contribution in [-0.4, -0.2) is 31.1 Å². The van der Waals surface area contributed by atoms with Gasteiger partial charge in [-0.15, -0.1) is 11.3 Å². The molecule has 1 aromatic heterocycles. The number of hydrogen-bond acceptors (Lipinski definition) is 3. The molecule has 1 unspecified atom stereocenters. The van der Waals surface area contributed by atoms with E-state index in [4.69, 9.17) is 0 Å². The molecule has 1 aliphatic rings. The lowest BCUT2D eigenvalue weighted by Crippen LogP contribution is -2.31. The normalized spacial score (nSPS) is 19.2. The monoisotopic (exact) mass is 344 g/mol. The first kappa shape index (κ1) is 15.5. The number of hydrogen-bond donors (Lipinski definition) is 1. The third-order valence-corrected chi connectivity index (χ3v) is 5.76. The fourth-order valence-corrected chi connectivity index (χ4v) is 4.42. The van der Waals surface area contributed by atoms with Gasteiger partial charge >= 0.3 is 0 Å². The van der Waals surface area contributed by atoms with Crippen LogP contribution in [0, 0.1) is 0 Å². The van der Waals surface area contributed by atoms with E-state index < -0.39 is 0 Å². The van der Waals surface area contributed by atoms with Gasteiger partial charge in [0.25, 0.3) is 0 Å². The van der Waals surface area contributed by atoms with E-state index in [-0.39, 0.29) is 0 Å². The molecule has 0 bridgehead atoms. The average Bonchev–Trinajstić information content (AvgIpc) is 2.75. The molecule has 0 aliphatic heterocycles. The van der Waals surface area contributed by atoms with Crippen LogP contribution in [-0.2, 0) is 6.42 Å².